The van der Waals surface area contributed by atoms with Crippen LogP contribution >= 0.6 is 0 Å². The zero-order valence-corrected chi connectivity index (χ0v) is 10.9. The molecule has 0 radical (unpaired) electrons. The van der Waals surface area contributed by atoms with E-state index in [0.29, 0.717) is 0 Å². The van der Waals surface area contributed by atoms with Crippen LogP contribution in [0, 0.1) is 6.92 Å². The highest BCUT2D eigenvalue weighted by Crippen LogP contribution is 2.31. The third-order valence-corrected chi connectivity index (χ3v) is 2.78. The zero-order valence-electron chi connectivity index (χ0n) is 10.9. The van der Waals surface area contributed by atoms with Gasteiger partial charge in [-0.1, -0.05) is 6.07 Å². The maximum Gasteiger partial charge on any atom is 0.416 e. The molecule has 0 saturated carbocycles. The number of nitrogens with one attached hydrogen (secondary N) is 1. The predicted molar refractivity (Wildman–Crippen MR) is 70.7 cm³/mol. The van der Waals surface area contributed by atoms with E-state index in [9.17, 15) is 18.0 Å². The van der Waals surface area contributed by atoms with Crippen molar-refractivity contribution < 1.29 is 23.1 Å². The summed E-state index contributed by atoms with van der Waals surface area (Å²) in [6.07, 6.45) is -4.42. The number of carboxylic acid groups (broad SMARTS) is 1. The van der Waals surface area contributed by atoms with Crippen LogP contribution in [-0.4, -0.2) is 16.1 Å². The number of halogens is 3. The molecule has 2 N–H and O–H groups in total. The summed E-state index contributed by atoms with van der Waals surface area (Å²) in [4.78, 5) is 14.9. The molecular formula is C14H11F3N2O2. The van der Waals surface area contributed by atoms with Crippen molar-refractivity contribution in [3.63, 3.8) is 0 Å². The smallest absolute Gasteiger partial charge is 0.416 e. The second kappa shape index (κ2) is 5.43. The van der Waals surface area contributed by atoms with E-state index in [1.807, 2.05) is 0 Å². The van der Waals surface area contributed by atoms with Crippen LogP contribution in [0.1, 0.15) is 21.6 Å². The molecule has 0 unspecified atom stereocenters. The van der Waals surface area contributed by atoms with E-state index >= 15 is 0 Å². The summed E-state index contributed by atoms with van der Waals surface area (Å²) in [6, 6.07) is 7.43. The first-order chi connectivity index (χ1) is 9.77. The summed E-state index contributed by atoms with van der Waals surface area (Å²) >= 11 is 0. The highest BCUT2D eigenvalue weighted by molar-refractivity contribution is 5.89. The van der Waals surface area contributed by atoms with Crippen molar-refractivity contribution >= 4 is 17.5 Å². The first-order valence-corrected chi connectivity index (χ1v) is 5.92. The molecule has 0 amide bonds. The van der Waals surface area contributed by atoms with Gasteiger partial charge in [0, 0.05) is 5.69 Å². The molecule has 0 aliphatic carbocycles. The molecule has 1 heterocycles. The SMILES string of the molecule is Cc1nc(Nc2cccc(C(F)(F)F)c2)ccc1C(=O)O. The Balaban J connectivity index is 2.27. The summed E-state index contributed by atoms with van der Waals surface area (Å²) < 4.78 is 37.8. The van der Waals surface area contributed by atoms with E-state index in [-0.39, 0.29) is 22.8 Å². The lowest BCUT2D eigenvalue weighted by Crippen LogP contribution is -2.06. The van der Waals surface area contributed by atoms with Gasteiger partial charge >= 0.3 is 12.1 Å². The van der Waals surface area contributed by atoms with Crippen LogP contribution in [0.5, 0.6) is 0 Å². The van der Waals surface area contributed by atoms with Gasteiger partial charge < -0.3 is 10.4 Å². The van der Waals surface area contributed by atoms with Gasteiger partial charge in [0.1, 0.15) is 5.82 Å². The molecule has 2 rings (SSSR count). The van der Waals surface area contributed by atoms with Crippen molar-refractivity contribution in [3.05, 3.63) is 53.2 Å². The van der Waals surface area contributed by atoms with Crippen molar-refractivity contribution in [1.82, 2.24) is 4.98 Å². The lowest BCUT2D eigenvalue weighted by molar-refractivity contribution is -0.137. The Morgan fingerprint density at radius 1 is 1.24 bits per heavy atom. The summed E-state index contributed by atoms with van der Waals surface area (Å²) in [5, 5.41) is 11.6. The predicted octanol–water partition coefficient (Wildman–Crippen LogP) is 3.85. The number of benzene rings is 1. The van der Waals surface area contributed by atoms with Gasteiger partial charge in [0.05, 0.1) is 16.8 Å². The van der Waals surface area contributed by atoms with Crippen LogP contribution in [0.2, 0.25) is 0 Å². The molecule has 0 saturated heterocycles. The number of aromatic nitrogens is 1. The van der Waals surface area contributed by atoms with E-state index in [2.05, 4.69) is 10.3 Å². The van der Waals surface area contributed by atoms with Gasteiger partial charge in [-0.15, -0.1) is 0 Å². The molecular weight excluding hydrogens is 285 g/mol. The molecule has 0 aliphatic rings. The fraction of sp³-hybridized carbons (Fsp3) is 0.143. The number of rotatable bonds is 3. The molecule has 0 aliphatic heterocycles. The Hall–Kier alpha value is -2.57. The minimum absolute atomic E-state index is 0.0459. The van der Waals surface area contributed by atoms with E-state index in [4.69, 9.17) is 5.11 Å². The van der Waals surface area contributed by atoms with Crippen molar-refractivity contribution in [3.8, 4) is 0 Å². The fourth-order valence-electron chi connectivity index (χ4n) is 1.78. The minimum Gasteiger partial charge on any atom is -0.478 e. The molecule has 1 aromatic heterocycles. The van der Waals surface area contributed by atoms with Crippen molar-refractivity contribution in [2.45, 2.75) is 13.1 Å². The molecule has 0 atom stereocenters. The van der Waals surface area contributed by atoms with Gasteiger partial charge in [-0.05, 0) is 37.3 Å². The van der Waals surface area contributed by atoms with Gasteiger partial charge in [0.25, 0.3) is 0 Å². The number of aryl methyl sites for hydroxylation is 1. The van der Waals surface area contributed by atoms with Crippen LogP contribution in [0.15, 0.2) is 36.4 Å². The molecule has 2 aromatic rings. The second-order valence-electron chi connectivity index (χ2n) is 4.34. The minimum atomic E-state index is -4.42. The number of carbonyl (C=O) groups is 1. The second-order valence-corrected chi connectivity index (χ2v) is 4.34. The first-order valence-electron chi connectivity index (χ1n) is 5.92. The summed E-state index contributed by atoms with van der Waals surface area (Å²) in [7, 11) is 0. The van der Waals surface area contributed by atoms with Crippen molar-refractivity contribution in [1.29, 1.82) is 0 Å². The third kappa shape index (κ3) is 3.50. The molecule has 110 valence electrons. The quantitative estimate of drug-likeness (QED) is 0.903. The maximum atomic E-state index is 12.6. The van der Waals surface area contributed by atoms with Crippen LogP contribution in [-0.2, 0) is 6.18 Å². The molecule has 7 heteroatoms. The molecule has 4 nitrogen and oxygen atoms in total. The maximum absolute atomic E-state index is 12.6. The number of pyridine rings is 1. The van der Waals surface area contributed by atoms with Crippen LogP contribution in [0.25, 0.3) is 0 Å². The fourth-order valence-corrected chi connectivity index (χ4v) is 1.78. The lowest BCUT2D eigenvalue weighted by Gasteiger charge is -2.11. The summed E-state index contributed by atoms with van der Waals surface area (Å²) in [6.45, 7) is 1.51. The molecule has 1 aromatic carbocycles. The van der Waals surface area contributed by atoms with Crippen LogP contribution < -0.4 is 5.32 Å². The van der Waals surface area contributed by atoms with Gasteiger partial charge in [-0.3, -0.25) is 0 Å². The number of nitrogens with zero attached hydrogens (tertiary/aromatic N) is 1. The Morgan fingerprint density at radius 2 is 1.95 bits per heavy atom. The van der Waals surface area contributed by atoms with E-state index in [1.165, 1.54) is 31.2 Å². The van der Waals surface area contributed by atoms with Crippen molar-refractivity contribution in [2.75, 3.05) is 5.32 Å². The number of carboxylic acids is 1. The number of aromatic carboxylic acids is 1. The Bertz CT molecular complexity index is 684. The largest absolute Gasteiger partial charge is 0.478 e. The van der Waals surface area contributed by atoms with E-state index < -0.39 is 17.7 Å². The normalized spacial score (nSPS) is 11.2. The third-order valence-electron chi connectivity index (χ3n) is 2.78. The molecule has 0 spiro atoms. The molecule has 0 bridgehead atoms. The Morgan fingerprint density at radius 3 is 2.52 bits per heavy atom. The van der Waals surface area contributed by atoms with Gasteiger partial charge in [0.15, 0.2) is 0 Å². The van der Waals surface area contributed by atoms with Gasteiger partial charge in [0.2, 0.25) is 0 Å². The lowest BCUT2D eigenvalue weighted by atomic mass is 10.2. The first kappa shape index (κ1) is 14.8. The van der Waals surface area contributed by atoms with E-state index in [1.54, 1.807) is 0 Å². The average Bonchev–Trinajstić information content (AvgIpc) is 2.37. The molecule has 21 heavy (non-hydrogen) atoms. The topological polar surface area (TPSA) is 62.2 Å². The standard InChI is InChI=1S/C14H11F3N2O2/c1-8-11(13(20)21)5-6-12(18-8)19-10-4-2-3-9(7-10)14(15,16)17/h2-7H,1H3,(H,18,19)(H,20,21). The average molecular weight is 296 g/mol. The summed E-state index contributed by atoms with van der Waals surface area (Å²) in [5.74, 6) is -0.831. The number of alkyl halides is 3. The highest BCUT2D eigenvalue weighted by atomic mass is 19.4. The van der Waals surface area contributed by atoms with Crippen LogP contribution in [0.3, 0.4) is 0 Å². The number of anilines is 2. The number of hydrogen-bond donors (Lipinski definition) is 2. The Labute approximate surface area is 118 Å². The Kier molecular flexibility index (Phi) is 3.84. The highest BCUT2D eigenvalue weighted by Gasteiger charge is 2.30. The van der Waals surface area contributed by atoms with Crippen molar-refractivity contribution in [2.24, 2.45) is 0 Å². The van der Waals surface area contributed by atoms with E-state index in [0.717, 1.165) is 12.1 Å². The van der Waals surface area contributed by atoms with Gasteiger partial charge in [-0.25, -0.2) is 9.78 Å². The van der Waals surface area contributed by atoms with Gasteiger partial charge in [-0.2, -0.15) is 13.2 Å². The number of hydrogen-bond acceptors (Lipinski definition) is 3. The molecule has 0 fully saturated rings. The monoisotopic (exact) mass is 296 g/mol. The van der Waals surface area contributed by atoms with Crippen LogP contribution in [0.4, 0.5) is 24.7 Å². The summed E-state index contributed by atoms with van der Waals surface area (Å²) in [5.41, 5.74) is -0.227. The zero-order chi connectivity index (χ0) is 15.6.